The summed E-state index contributed by atoms with van der Waals surface area (Å²) in [6, 6.07) is 5.94. The number of amides is 2. The molecule has 8 nitrogen and oxygen atoms in total. The van der Waals surface area contributed by atoms with Crippen LogP contribution in [0, 0.1) is 11.8 Å². The highest BCUT2D eigenvalue weighted by molar-refractivity contribution is 5.99. The maximum atomic E-state index is 14.7. The summed E-state index contributed by atoms with van der Waals surface area (Å²) in [6.07, 6.45) is 0.162. The first-order valence-corrected chi connectivity index (χ1v) is 11.7. The SMILES string of the molecule is CCC1(CC)CC(=O)N(C[C@H]2[C@H](C(=O)N[C@@H]3c4ccccc4OC(C)(C)[C@H]3O)C2(F)F)C(N)=N1. The zero-order valence-corrected chi connectivity index (χ0v) is 19.8. The lowest BCUT2D eigenvalue weighted by Gasteiger charge is -2.42. The van der Waals surface area contributed by atoms with Crippen LogP contribution in [-0.4, -0.2) is 57.5 Å². The molecule has 186 valence electrons. The second kappa shape index (κ2) is 8.18. The Morgan fingerprint density at radius 3 is 2.56 bits per heavy atom. The highest BCUT2D eigenvalue weighted by Gasteiger charge is 2.72. The molecule has 3 aliphatic rings. The number of ether oxygens (including phenoxy) is 1. The third-order valence-electron chi connectivity index (χ3n) is 7.54. The lowest BCUT2D eigenvalue weighted by Crippen LogP contribution is -2.54. The number of guanidine groups is 1. The van der Waals surface area contributed by atoms with Gasteiger partial charge in [-0.2, -0.15) is 0 Å². The van der Waals surface area contributed by atoms with Crippen molar-refractivity contribution in [2.45, 2.75) is 76.2 Å². The number of hydrogen-bond acceptors (Lipinski definition) is 6. The van der Waals surface area contributed by atoms with Crippen LogP contribution in [0.15, 0.2) is 29.3 Å². The van der Waals surface area contributed by atoms with E-state index in [2.05, 4.69) is 10.3 Å². The zero-order chi connectivity index (χ0) is 25.1. The molecule has 0 spiro atoms. The molecule has 2 amide bonds. The number of nitrogens with zero attached hydrogens (tertiary/aromatic N) is 2. The quantitative estimate of drug-likeness (QED) is 0.580. The van der Waals surface area contributed by atoms with Gasteiger partial charge in [0.15, 0.2) is 5.96 Å². The number of fused-ring (bicyclic) bond motifs is 1. The van der Waals surface area contributed by atoms with E-state index in [1.807, 2.05) is 13.8 Å². The summed E-state index contributed by atoms with van der Waals surface area (Å²) in [4.78, 5) is 31.2. The molecular weight excluding hydrogens is 446 g/mol. The number of aliphatic imine (C=N–C) groups is 1. The third-order valence-corrected chi connectivity index (χ3v) is 7.54. The Balaban J connectivity index is 1.51. The van der Waals surface area contributed by atoms with Gasteiger partial charge in [-0.25, -0.2) is 13.8 Å². The monoisotopic (exact) mass is 478 g/mol. The van der Waals surface area contributed by atoms with Crippen LogP contribution < -0.4 is 15.8 Å². The van der Waals surface area contributed by atoms with Gasteiger partial charge in [0.05, 0.1) is 23.9 Å². The smallest absolute Gasteiger partial charge is 0.265 e. The van der Waals surface area contributed by atoms with Crippen LogP contribution in [0.4, 0.5) is 8.78 Å². The van der Waals surface area contributed by atoms with E-state index in [9.17, 15) is 23.5 Å². The minimum absolute atomic E-state index is 0.0858. The van der Waals surface area contributed by atoms with Gasteiger partial charge in [-0.1, -0.05) is 32.0 Å². The fraction of sp³-hybridized carbons (Fsp3) is 0.625. The average molecular weight is 479 g/mol. The number of benzene rings is 1. The molecule has 0 aromatic heterocycles. The maximum absolute atomic E-state index is 14.7. The summed E-state index contributed by atoms with van der Waals surface area (Å²) < 4.78 is 35.3. The number of rotatable bonds is 6. The zero-order valence-electron chi connectivity index (χ0n) is 19.8. The molecule has 1 saturated carbocycles. The number of aliphatic hydroxyl groups is 1. The second-order valence-corrected chi connectivity index (χ2v) is 10.0. The van der Waals surface area contributed by atoms with Crippen LogP contribution in [0.2, 0.25) is 0 Å². The van der Waals surface area contributed by atoms with E-state index >= 15 is 0 Å². The fourth-order valence-corrected chi connectivity index (χ4v) is 5.02. The number of aliphatic hydroxyl groups excluding tert-OH is 1. The molecule has 2 aliphatic heterocycles. The molecule has 2 heterocycles. The van der Waals surface area contributed by atoms with E-state index in [4.69, 9.17) is 10.5 Å². The van der Waals surface area contributed by atoms with Gasteiger partial charge in [-0.15, -0.1) is 0 Å². The molecular formula is C24H32F2N4O4. The normalized spacial score (nSPS) is 30.6. The average Bonchev–Trinajstić information content (AvgIpc) is 3.33. The molecule has 0 radical (unpaired) electrons. The van der Waals surface area contributed by atoms with Gasteiger partial charge >= 0.3 is 0 Å². The largest absolute Gasteiger partial charge is 0.485 e. The molecule has 10 heteroatoms. The minimum atomic E-state index is -3.31. The third kappa shape index (κ3) is 3.91. The number of carbonyl (C=O) groups excluding carboxylic acids is 2. The Hall–Kier alpha value is -2.75. The molecule has 4 atom stereocenters. The Kier molecular flexibility index (Phi) is 5.86. The molecule has 0 bridgehead atoms. The van der Waals surface area contributed by atoms with Crippen LogP contribution in [0.25, 0.3) is 0 Å². The molecule has 1 aromatic carbocycles. The second-order valence-electron chi connectivity index (χ2n) is 10.0. The fourth-order valence-electron chi connectivity index (χ4n) is 5.02. The summed E-state index contributed by atoms with van der Waals surface area (Å²) in [7, 11) is 0. The van der Waals surface area contributed by atoms with Crippen molar-refractivity contribution < 1.29 is 28.2 Å². The maximum Gasteiger partial charge on any atom is 0.265 e. The number of nitrogens with two attached hydrogens (primary N) is 1. The summed E-state index contributed by atoms with van der Waals surface area (Å²) in [5.41, 5.74) is 4.87. The predicted octanol–water partition coefficient (Wildman–Crippen LogP) is 2.36. The Bertz CT molecular complexity index is 1020. The number of carbonyl (C=O) groups is 2. The number of nitrogens with one attached hydrogen (secondary N) is 1. The first-order chi connectivity index (χ1) is 15.9. The van der Waals surface area contributed by atoms with Crippen LogP contribution >= 0.6 is 0 Å². The van der Waals surface area contributed by atoms with Crippen LogP contribution in [0.1, 0.15) is 58.6 Å². The van der Waals surface area contributed by atoms with Gasteiger partial charge in [0.1, 0.15) is 23.4 Å². The van der Waals surface area contributed by atoms with Crippen molar-refractivity contribution in [3.05, 3.63) is 29.8 Å². The van der Waals surface area contributed by atoms with E-state index in [0.717, 1.165) is 4.90 Å². The van der Waals surface area contributed by atoms with Crippen LogP contribution in [-0.2, 0) is 9.59 Å². The number of alkyl halides is 2. The summed E-state index contributed by atoms with van der Waals surface area (Å²) in [6.45, 7) is 6.75. The molecule has 4 N–H and O–H groups in total. The van der Waals surface area contributed by atoms with Crippen molar-refractivity contribution in [2.75, 3.05) is 6.54 Å². The van der Waals surface area contributed by atoms with Gasteiger partial charge in [0.2, 0.25) is 11.8 Å². The summed E-state index contributed by atoms with van der Waals surface area (Å²) in [5, 5.41) is 13.4. The highest BCUT2D eigenvalue weighted by atomic mass is 19.3. The van der Waals surface area contributed by atoms with Crippen molar-refractivity contribution in [3.63, 3.8) is 0 Å². The summed E-state index contributed by atoms with van der Waals surface area (Å²) >= 11 is 0. The molecule has 0 saturated heterocycles. The Labute approximate surface area is 197 Å². The highest BCUT2D eigenvalue weighted by Crippen LogP contribution is 2.56. The van der Waals surface area contributed by atoms with Crippen molar-refractivity contribution in [1.82, 2.24) is 10.2 Å². The molecule has 1 aliphatic carbocycles. The lowest BCUT2D eigenvalue weighted by atomic mass is 9.86. The Morgan fingerprint density at radius 1 is 1.29 bits per heavy atom. The van der Waals surface area contributed by atoms with E-state index in [0.29, 0.717) is 24.2 Å². The number of hydrogen-bond donors (Lipinski definition) is 3. The van der Waals surface area contributed by atoms with Crippen molar-refractivity contribution in [1.29, 1.82) is 0 Å². The van der Waals surface area contributed by atoms with Crippen LogP contribution in [0.5, 0.6) is 5.75 Å². The predicted molar refractivity (Wildman–Crippen MR) is 121 cm³/mol. The first kappa shape index (κ1) is 24.4. The summed E-state index contributed by atoms with van der Waals surface area (Å²) in [5.74, 6) is -7.20. The topological polar surface area (TPSA) is 117 Å². The van der Waals surface area contributed by atoms with E-state index in [1.165, 1.54) is 0 Å². The van der Waals surface area contributed by atoms with E-state index < -0.39 is 47.0 Å². The van der Waals surface area contributed by atoms with Gasteiger partial charge in [-0.05, 0) is 32.8 Å². The number of para-hydroxylation sites is 1. The van der Waals surface area contributed by atoms with Crippen LogP contribution in [0.3, 0.4) is 0 Å². The van der Waals surface area contributed by atoms with Gasteiger partial charge in [-0.3, -0.25) is 14.5 Å². The molecule has 0 unspecified atom stereocenters. The van der Waals surface area contributed by atoms with E-state index in [1.54, 1.807) is 38.1 Å². The van der Waals surface area contributed by atoms with E-state index in [-0.39, 0.29) is 24.8 Å². The van der Waals surface area contributed by atoms with Crippen molar-refractivity contribution in [3.8, 4) is 5.75 Å². The standard InChI is InChI=1S/C24H32F2N4O4/c1-5-23(6-2)11-16(31)30(21(27)29-23)12-14-17(24(14,25)26)20(33)28-18-13-9-7-8-10-15(13)34-22(3,4)19(18)32/h7-10,14,17-19,32H,5-6,11-12H2,1-4H3,(H2,27,29)(H,28,33)/t14-,17+,18+,19-/m0/s1. The van der Waals surface area contributed by atoms with Gasteiger partial charge in [0.25, 0.3) is 5.92 Å². The van der Waals surface area contributed by atoms with Gasteiger partial charge in [0, 0.05) is 12.1 Å². The molecule has 1 aromatic rings. The molecule has 1 fully saturated rings. The molecule has 34 heavy (non-hydrogen) atoms. The van der Waals surface area contributed by atoms with Crippen molar-refractivity contribution in [2.24, 2.45) is 22.6 Å². The molecule has 4 rings (SSSR count). The first-order valence-electron chi connectivity index (χ1n) is 11.7. The minimum Gasteiger partial charge on any atom is -0.485 e. The Morgan fingerprint density at radius 2 is 1.94 bits per heavy atom. The lowest BCUT2D eigenvalue weighted by molar-refractivity contribution is -0.131. The van der Waals surface area contributed by atoms with Gasteiger partial charge < -0.3 is 20.9 Å². The number of halogens is 2. The van der Waals surface area contributed by atoms with Crippen molar-refractivity contribution >= 4 is 17.8 Å².